The van der Waals surface area contributed by atoms with Gasteiger partial charge in [-0.3, -0.25) is 9.59 Å². The molecular weight excluding hydrogens is 581 g/mol. The van der Waals surface area contributed by atoms with Crippen molar-refractivity contribution in [3.63, 3.8) is 0 Å². The van der Waals surface area contributed by atoms with Gasteiger partial charge in [0, 0.05) is 15.6 Å². The second kappa shape index (κ2) is 13.5. The molecule has 0 saturated carbocycles. The number of rotatable bonds is 10. The van der Waals surface area contributed by atoms with E-state index >= 15 is 0 Å². The van der Waals surface area contributed by atoms with Crippen LogP contribution in [-0.4, -0.2) is 31.2 Å². The third-order valence-electron chi connectivity index (χ3n) is 5.28. The van der Waals surface area contributed by atoms with Crippen molar-refractivity contribution in [2.75, 3.05) is 7.11 Å². The summed E-state index contributed by atoms with van der Waals surface area (Å²) in [6, 6.07) is 16.5. The van der Waals surface area contributed by atoms with Gasteiger partial charge in [-0.15, -0.1) is 0 Å². The van der Waals surface area contributed by atoms with Crippen LogP contribution in [-0.2, 0) is 11.4 Å². The molecule has 0 aromatic heterocycles. The number of ether oxygens (including phenoxy) is 2. The minimum atomic E-state index is -0.787. The van der Waals surface area contributed by atoms with Gasteiger partial charge in [0.15, 0.2) is 11.5 Å². The Morgan fingerprint density at radius 1 is 1.03 bits per heavy atom. The molecule has 2 amide bonds. The van der Waals surface area contributed by atoms with E-state index in [0.717, 1.165) is 5.56 Å². The predicted molar refractivity (Wildman–Crippen MR) is 150 cm³/mol. The van der Waals surface area contributed by atoms with E-state index in [4.69, 9.17) is 32.7 Å². The van der Waals surface area contributed by atoms with Crippen molar-refractivity contribution >= 4 is 57.2 Å². The zero-order valence-electron chi connectivity index (χ0n) is 20.4. The van der Waals surface area contributed by atoms with E-state index in [2.05, 4.69) is 31.8 Å². The SMILES string of the molecule is COc1cc(C=NNC(=O)C(NC(=O)c2ccc(Cl)cc2)C(C)C)cc(Br)c1OCc1ccc(Cl)cc1. The Kier molecular flexibility index (Phi) is 10.4. The Labute approximate surface area is 234 Å². The fourth-order valence-corrected chi connectivity index (χ4v) is 4.12. The normalized spacial score (nSPS) is 11.9. The minimum absolute atomic E-state index is 0.169. The highest BCUT2D eigenvalue weighted by Gasteiger charge is 2.24. The molecule has 0 fully saturated rings. The molecule has 1 atom stereocenters. The first-order valence-corrected chi connectivity index (χ1v) is 12.9. The molecule has 3 aromatic carbocycles. The van der Waals surface area contributed by atoms with Gasteiger partial charge in [-0.05, 0) is 81.5 Å². The molecule has 0 aliphatic heterocycles. The van der Waals surface area contributed by atoms with Crippen LogP contribution in [0, 0.1) is 5.92 Å². The van der Waals surface area contributed by atoms with Crippen LogP contribution in [0.5, 0.6) is 11.5 Å². The van der Waals surface area contributed by atoms with Crippen LogP contribution in [0.3, 0.4) is 0 Å². The lowest BCUT2D eigenvalue weighted by Gasteiger charge is -2.20. The third kappa shape index (κ3) is 8.21. The Hall–Kier alpha value is -3.07. The molecule has 0 heterocycles. The summed E-state index contributed by atoms with van der Waals surface area (Å²) >= 11 is 15.3. The number of carbonyl (C=O) groups is 2. The maximum absolute atomic E-state index is 12.8. The fraction of sp³-hybridized carbons (Fsp3) is 0.222. The molecule has 0 aliphatic carbocycles. The fourth-order valence-electron chi connectivity index (χ4n) is 3.29. The molecule has 1 unspecified atom stereocenters. The molecular formula is C27H26BrCl2N3O4. The van der Waals surface area contributed by atoms with Gasteiger partial charge >= 0.3 is 0 Å². The van der Waals surface area contributed by atoms with Gasteiger partial charge in [0.25, 0.3) is 11.8 Å². The summed E-state index contributed by atoms with van der Waals surface area (Å²) in [6.45, 7) is 4.00. The standard InChI is InChI=1S/C27H26BrCl2N3O4/c1-16(2)24(32-26(34)19-6-10-21(30)11-7-19)27(35)33-31-14-18-12-22(28)25(23(13-18)36-3)37-15-17-4-8-20(29)9-5-17/h4-14,16,24H,15H2,1-3H3,(H,32,34)(H,33,35). The maximum Gasteiger partial charge on any atom is 0.262 e. The molecule has 0 aliphatic rings. The predicted octanol–water partition coefficient (Wildman–Crippen LogP) is 6.25. The molecule has 10 heteroatoms. The molecule has 3 rings (SSSR count). The number of methoxy groups -OCH3 is 1. The first-order chi connectivity index (χ1) is 17.7. The molecule has 0 saturated heterocycles. The molecule has 3 aromatic rings. The lowest BCUT2D eigenvalue weighted by Crippen LogP contribution is -2.48. The summed E-state index contributed by atoms with van der Waals surface area (Å²) in [5, 5.41) is 7.98. The number of carbonyl (C=O) groups excluding carboxylic acids is 2. The van der Waals surface area contributed by atoms with Crippen molar-refractivity contribution in [2.45, 2.75) is 26.5 Å². The first-order valence-electron chi connectivity index (χ1n) is 11.3. The van der Waals surface area contributed by atoms with Gasteiger partial charge in [-0.25, -0.2) is 5.43 Å². The van der Waals surface area contributed by atoms with Gasteiger partial charge in [0.05, 0.1) is 17.8 Å². The van der Waals surface area contributed by atoms with Crippen LogP contribution in [0.25, 0.3) is 0 Å². The third-order valence-corrected chi connectivity index (χ3v) is 6.37. The van der Waals surface area contributed by atoms with E-state index in [9.17, 15) is 9.59 Å². The monoisotopic (exact) mass is 605 g/mol. The minimum Gasteiger partial charge on any atom is -0.493 e. The number of amides is 2. The van der Waals surface area contributed by atoms with Gasteiger partial charge < -0.3 is 14.8 Å². The quantitative estimate of drug-likeness (QED) is 0.211. The zero-order chi connectivity index (χ0) is 26.9. The Balaban J connectivity index is 1.65. The average molecular weight is 607 g/mol. The summed E-state index contributed by atoms with van der Waals surface area (Å²) in [4.78, 5) is 25.3. The number of hydrazone groups is 1. The number of halogens is 3. The van der Waals surface area contributed by atoms with E-state index in [1.165, 1.54) is 13.3 Å². The van der Waals surface area contributed by atoms with Crippen molar-refractivity contribution in [1.29, 1.82) is 0 Å². The van der Waals surface area contributed by atoms with Crippen LogP contribution in [0.2, 0.25) is 10.0 Å². The number of nitrogens with one attached hydrogen (secondary N) is 2. The molecule has 2 N–H and O–H groups in total. The van der Waals surface area contributed by atoms with E-state index in [0.29, 0.717) is 43.8 Å². The second-order valence-corrected chi connectivity index (χ2v) is 10.1. The number of hydrogen-bond donors (Lipinski definition) is 2. The van der Waals surface area contributed by atoms with E-state index in [-0.39, 0.29) is 11.8 Å². The number of benzene rings is 3. The molecule has 0 radical (unpaired) electrons. The Bertz CT molecular complexity index is 1270. The summed E-state index contributed by atoms with van der Waals surface area (Å²) in [6.07, 6.45) is 1.48. The zero-order valence-corrected chi connectivity index (χ0v) is 23.5. The van der Waals surface area contributed by atoms with Crippen LogP contribution in [0.15, 0.2) is 70.2 Å². The maximum atomic E-state index is 12.8. The second-order valence-electron chi connectivity index (χ2n) is 8.39. The van der Waals surface area contributed by atoms with Crippen LogP contribution >= 0.6 is 39.1 Å². The van der Waals surface area contributed by atoms with Gasteiger partial charge in [-0.1, -0.05) is 49.2 Å². The van der Waals surface area contributed by atoms with Crippen molar-refractivity contribution in [2.24, 2.45) is 11.0 Å². The number of nitrogens with zero attached hydrogens (tertiary/aromatic N) is 1. The summed E-state index contributed by atoms with van der Waals surface area (Å²) in [5.74, 6) is 0.0347. The topological polar surface area (TPSA) is 89.0 Å². The van der Waals surface area contributed by atoms with Crippen molar-refractivity contribution in [3.05, 3.63) is 91.9 Å². The molecule has 0 bridgehead atoms. The molecule has 7 nitrogen and oxygen atoms in total. The lowest BCUT2D eigenvalue weighted by atomic mass is 10.0. The summed E-state index contributed by atoms with van der Waals surface area (Å²) in [5.41, 5.74) is 4.52. The summed E-state index contributed by atoms with van der Waals surface area (Å²) in [7, 11) is 1.54. The highest BCUT2D eigenvalue weighted by molar-refractivity contribution is 9.10. The average Bonchev–Trinajstić information content (AvgIpc) is 2.87. The first kappa shape index (κ1) is 28.5. The summed E-state index contributed by atoms with van der Waals surface area (Å²) < 4.78 is 12.1. The largest absolute Gasteiger partial charge is 0.493 e. The number of hydrogen-bond acceptors (Lipinski definition) is 5. The van der Waals surface area contributed by atoms with Crippen molar-refractivity contribution < 1.29 is 19.1 Å². The van der Waals surface area contributed by atoms with Crippen LogP contribution in [0.1, 0.15) is 35.3 Å². The van der Waals surface area contributed by atoms with E-state index < -0.39 is 11.9 Å². The van der Waals surface area contributed by atoms with Crippen LogP contribution < -0.4 is 20.2 Å². The Morgan fingerprint density at radius 2 is 1.65 bits per heavy atom. The lowest BCUT2D eigenvalue weighted by molar-refractivity contribution is -0.123. The van der Waals surface area contributed by atoms with Crippen LogP contribution in [0.4, 0.5) is 0 Å². The highest BCUT2D eigenvalue weighted by atomic mass is 79.9. The smallest absolute Gasteiger partial charge is 0.262 e. The van der Waals surface area contributed by atoms with Gasteiger partial charge in [0.1, 0.15) is 12.6 Å². The van der Waals surface area contributed by atoms with Gasteiger partial charge in [-0.2, -0.15) is 5.10 Å². The van der Waals surface area contributed by atoms with Gasteiger partial charge in [0.2, 0.25) is 0 Å². The molecule has 0 spiro atoms. The van der Waals surface area contributed by atoms with Crippen molar-refractivity contribution in [3.8, 4) is 11.5 Å². The van der Waals surface area contributed by atoms with Crippen molar-refractivity contribution in [1.82, 2.24) is 10.7 Å². The highest BCUT2D eigenvalue weighted by Crippen LogP contribution is 2.37. The molecule has 194 valence electrons. The molecule has 37 heavy (non-hydrogen) atoms. The Morgan fingerprint density at radius 3 is 2.24 bits per heavy atom. The van der Waals surface area contributed by atoms with E-state index in [1.54, 1.807) is 48.5 Å². The van der Waals surface area contributed by atoms with E-state index in [1.807, 2.05) is 26.0 Å².